The Morgan fingerprint density at radius 3 is 2.79 bits per heavy atom. The fraction of sp³-hybridized carbons (Fsp3) is 0.200. The molecule has 0 atom stereocenters. The predicted octanol–water partition coefficient (Wildman–Crippen LogP) is 1.09. The highest BCUT2D eigenvalue weighted by Gasteiger charge is 2.18. The molecule has 1 aromatic carbocycles. The van der Waals surface area contributed by atoms with Gasteiger partial charge in [0.05, 0.1) is 12.2 Å². The number of hydrogen-bond acceptors (Lipinski definition) is 6. The summed E-state index contributed by atoms with van der Waals surface area (Å²) in [6.45, 7) is 1.53. The van der Waals surface area contributed by atoms with E-state index in [-0.39, 0.29) is 23.0 Å². The van der Waals surface area contributed by atoms with Crippen LogP contribution in [0, 0.1) is 6.92 Å². The molecule has 0 spiro atoms. The van der Waals surface area contributed by atoms with Crippen molar-refractivity contribution in [2.75, 3.05) is 5.73 Å². The van der Waals surface area contributed by atoms with Crippen LogP contribution in [0.5, 0.6) is 0 Å². The van der Waals surface area contributed by atoms with Crippen LogP contribution in [0.4, 0.5) is 5.69 Å². The molecular weight excluding hydrogens is 292 g/mol. The van der Waals surface area contributed by atoms with Crippen LogP contribution in [0.25, 0.3) is 0 Å². The van der Waals surface area contributed by atoms with E-state index < -0.39 is 10.0 Å². The maximum atomic E-state index is 12.0. The number of rotatable bonds is 4. The third-order valence-electron chi connectivity index (χ3n) is 2.24. The lowest BCUT2D eigenvalue weighted by atomic mass is 10.3. The van der Waals surface area contributed by atoms with Crippen molar-refractivity contribution in [1.29, 1.82) is 0 Å². The molecule has 3 N–H and O–H groups in total. The van der Waals surface area contributed by atoms with Gasteiger partial charge in [-0.2, -0.15) is 4.98 Å². The molecule has 0 saturated carbocycles. The lowest BCUT2D eigenvalue weighted by Crippen LogP contribution is -2.24. The van der Waals surface area contributed by atoms with Crippen molar-refractivity contribution in [2.45, 2.75) is 18.4 Å². The molecule has 0 fully saturated rings. The van der Waals surface area contributed by atoms with E-state index in [1.807, 2.05) is 0 Å². The summed E-state index contributed by atoms with van der Waals surface area (Å²) in [5.74, 6) is 0.605. The maximum Gasteiger partial charge on any atom is 0.243 e. The Morgan fingerprint density at radius 1 is 1.47 bits per heavy atom. The van der Waals surface area contributed by atoms with Gasteiger partial charge in [-0.3, -0.25) is 0 Å². The fourth-order valence-corrected chi connectivity index (χ4v) is 2.68. The molecular formula is C10H11ClN4O3S. The van der Waals surface area contributed by atoms with Gasteiger partial charge >= 0.3 is 0 Å². The van der Waals surface area contributed by atoms with Gasteiger partial charge in [-0.15, -0.1) is 0 Å². The third kappa shape index (κ3) is 3.22. The van der Waals surface area contributed by atoms with Crippen molar-refractivity contribution in [3.63, 3.8) is 0 Å². The Kier molecular flexibility index (Phi) is 3.74. The molecule has 0 aliphatic heterocycles. The number of hydrogen-bond donors (Lipinski definition) is 2. The van der Waals surface area contributed by atoms with Crippen LogP contribution in [0.2, 0.25) is 5.02 Å². The van der Waals surface area contributed by atoms with Gasteiger partial charge in [0, 0.05) is 5.02 Å². The zero-order valence-corrected chi connectivity index (χ0v) is 11.5. The van der Waals surface area contributed by atoms with Crippen LogP contribution in [0.1, 0.15) is 11.7 Å². The largest absolute Gasteiger partial charge is 0.398 e. The molecule has 1 heterocycles. The number of nitrogens with zero attached hydrogens (tertiary/aromatic N) is 2. The molecule has 7 nitrogen and oxygen atoms in total. The highest BCUT2D eigenvalue weighted by atomic mass is 35.5. The minimum absolute atomic E-state index is 0.0480. The van der Waals surface area contributed by atoms with Crippen LogP contribution in [-0.4, -0.2) is 18.6 Å². The quantitative estimate of drug-likeness (QED) is 0.818. The molecule has 0 amide bonds. The molecule has 2 rings (SSSR count). The van der Waals surface area contributed by atoms with Crippen molar-refractivity contribution in [3.8, 4) is 0 Å². The second-order valence-corrected chi connectivity index (χ2v) is 5.91. The van der Waals surface area contributed by atoms with Gasteiger partial charge in [-0.1, -0.05) is 16.8 Å². The Labute approximate surface area is 114 Å². The zero-order valence-electron chi connectivity index (χ0n) is 9.92. The number of nitrogens with one attached hydrogen (secondary N) is 1. The van der Waals surface area contributed by atoms with Crippen LogP contribution < -0.4 is 10.5 Å². The van der Waals surface area contributed by atoms with Gasteiger partial charge in [0.15, 0.2) is 5.82 Å². The highest BCUT2D eigenvalue weighted by Crippen LogP contribution is 2.22. The Bertz CT molecular complexity index is 699. The first-order valence-corrected chi connectivity index (χ1v) is 7.08. The SMILES string of the molecule is Cc1noc(CNS(=O)(=O)c2ccc(Cl)cc2N)n1. The number of aromatic nitrogens is 2. The van der Waals surface area contributed by atoms with Crippen LogP contribution >= 0.6 is 11.6 Å². The van der Waals surface area contributed by atoms with Crippen molar-refractivity contribution in [1.82, 2.24) is 14.9 Å². The summed E-state index contributed by atoms with van der Waals surface area (Å²) in [6.07, 6.45) is 0. The fourth-order valence-electron chi connectivity index (χ4n) is 1.41. The van der Waals surface area contributed by atoms with Gasteiger partial charge < -0.3 is 10.3 Å². The van der Waals surface area contributed by atoms with Gasteiger partial charge in [0.2, 0.25) is 15.9 Å². The monoisotopic (exact) mass is 302 g/mol. The minimum Gasteiger partial charge on any atom is -0.398 e. The summed E-state index contributed by atoms with van der Waals surface area (Å²) in [6, 6.07) is 4.15. The van der Waals surface area contributed by atoms with E-state index >= 15 is 0 Å². The van der Waals surface area contributed by atoms with E-state index in [9.17, 15) is 8.42 Å². The van der Waals surface area contributed by atoms with Gasteiger partial charge in [-0.05, 0) is 25.1 Å². The average molecular weight is 303 g/mol. The normalized spacial score (nSPS) is 11.7. The lowest BCUT2D eigenvalue weighted by Gasteiger charge is -2.07. The molecule has 1 aromatic heterocycles. The number of sulfonamides is 1. The third-order valence-corrected chi connectivity index (χ3v) is 3.95. The van der Waals surface area contributed by atoms with Gasteiger partial charge in [0.1, 0.15) is 4.90 Å². The summed E-state index contributed by atoms with van der Waals surface area (Å²) in [5, 5.41) is 3.92. The van der Waals surface area contributed by atoms with Crippen LogP contribution in [-0.2, 0) is 16.6 Å². The van der Waals surface area contributed by atoms with E-state index in [0.717, 1.165) is 0 Å². The molecule has 0 aliphatic rings. The van der Waals surface area contributed by atoms with Crippen molar-refractivity contribution in [3.05, 3.63) is 34.9 Å². The summed E-state index contributed by atoms with van der Waals surface area (Å²) in [5.41, 5.74) is 5.70. The van der Waals surface area contributed by atoms with E-state index in [1.54, 1.807) is 6.92 Å². The first-order chi connectivity index (χ1) is 8.88. The van der Waals surface area contributed by atoms with E-state index in [4.69, 9.17) is 21.9 Å². The van der Waals surface area contributed by atoms with E-state index in [0.29, 0.717) is 10.8 Å². The second-order valence-electron chi connectivity index (χ2n) is 3.74. The standard InChI is InChI=1S/C10H11ClN4O3S/c1-6-14-10(18-15-6)5-13-19(16,17)9-3-2-7(11)4-8(9)12/h2-4,13H,5,12H2,1H3. The molecule has 9 heteroatoms. The smallest absolute Gasteiger partial charge is 0.243 e. The van der Waals surface area contributed by atoms with Gasteiger partial charge in [0.25, 0.3) is 0 Å². The minimum atomic E-state index is -3.76. The molecule has 0 aliphatic carbocycles. The Hall–Kier alpha value is -1.64. The van der Waals surface area contributed by atoms with Crippen molar-refractivity contribution >= 4 is 27.3 Å². The molecule has 102 valence electrons. The first-order valence-electron chi connectivity index (χ1n) is 5.22. The van der Waals surface area contributed by atoms with Crippen LogP contribution in [0.15, 0.2) is 27.6 Å². The molecule has 0 radical (unpaired) electrons. The lowest BCUT2D eigenvalue weighted by molar-refractivity contribution is 0.372. The topological polar surface area (TPSA) is 111 Å². The maximum absolute atomic E-state index is 12.0. The van der Waals surface area contributed by atoms with E-state index in [1.165, 1.54) is 18.2 Å². The Balaban J connectivity index is 2.18. The number of benzene rings is 1. The summed E-state index contributed by atoms with van der Waals surface area (Å²) in [4.78, 5) is 3.84. The predicted molar refractivity (Wildman–Crippen MR) is 68.9 cm³/mol. The Morgan fingerprint density at radius 2 is 2.21 bits per heavy atom. The number of aryl methyl sites for hydroxylation is 1. The molecule has 0 bridgehead atoms. The number of nitrogens with two attached hydrogens (primary N) is 1. The zero-order chi connectivity index (χ0) is 14.0. The first kappa shape index (κ1) is 13.8. The summed E-state index contributed by atoms with van der Waals surface area (Å²) >= 11 is 5.71. The van der Waals surface area contributed by atoms with Gasteiger partial charge in [-0.25, -0.2) is 13.1 Å². The highest BCUT2D eigenvalue weighted by molar-refractivity contribution is 7.89. The van der Waals surface area contributed by atoms with Crippen LogP contribution in [0.3, 0.4) is 0 Å². The molecule has 2 aromatic rings. The number of halogens is 1. The number of anilines is 1. The molecule has 0 saturated heterocycles. The summed E-state index contributed by atoms with van der Waals surface area (Å²) in [7, 11) is -3.76. The molecule has 0 unspecified atom stereocenters. The second kappa shape index (κ2) is 5.16. The molecule has 19 heavy (non-hydrogen) atoms. The van der Waals surface area contributed by atoms with Crippen molar-refractivity contribution in [2.24, 2.45) is 0 Å². The average Bonchev–Trinajstić information content (AvgIpc) is 2.72. The number of nitrogen functional groups attached to an aromatic ring is 1. The van der Waals surface area contributed by atoms with E-state index in [2.05, 4.69) is 14.9 Å². The van der Waals surface area contributed by atoms with Crippen molar-refractivity contribution < 1.29 is 12.9 Å². The summed E-state index contributed by atoms with van der Waals surface area (Å²) < 4.78 is 31.2.